The molecule has 26 heavy (non-hydrogen) atoms. The van der Waals surface area contributed by atoms with Crippen molar-refractivity contribution in [2.45, 2.75) is 12.6 Å². The SMILES string of the molecule is COc1cc([C@H](NC(=O)OCc2ccccc2)C(=O)O)cc(Br)c1OC. The van der Waals surface area contributed by atoms with Gasteiger partial charge in [0.25, 0.3) is 0 Å². The lowest BCUT2D eigenvalue weighted by Gasteiger charge is -2.18. The molecule has 0 spiro atoms. The molecule has 0 heterocycles. The fourth-order valence-corrected chi connectivity index (χ4v) is 2.90. The topological polar surface area (TPSA) is 94.1 Å². The second kappa shape index (κ2) is 9.10. The fourth-order valence-electron chi connectivity index (χ4n) is 2.27. The zero-order valence-electron chi connectivity index (χ0n) is 14.2. The van der Waals surface area contributed by atoms with Crippen LogP contribution < -0.4 is 14.8 Å². The van der Waals surface area contributed by atoms with Crippen molar-refractivity contribution in [2.75, 3.05) is 14.2 Å². The van der Waals surface area contributed by atoms with Crippen molar-refractivity contribution in [3.63, 3.8) is 0 Å². The first-order valence-electron chi connectivity index (χ1n) is 7.57. The third kappa shape index (κ3) is 4.89. The molecule has 2 aromatic rings. The number of ether oxygens (including phenoxy) is 3. The van der Waals surface area contributed by atoms with Crippen molar-refractivity contribution >= 4 is 28.0 Å². The summed E-state index contributed by atoms with van der Waals surface area (Å²) in [7, 11) is 2.90. The molecular weight excluding hydrogens is 406 g/mol. The van der Waals surface area contributed by atoms with Gasteiger partial charge >= 0.3 is 12.1 Å². The normalized spacial score (nSPS) is 11.3. The van der Waals surface area contributed by atoms with Gasteiger partial charge in [-0.1, -0.05) is 30.3 Å². The molecule has 2 rings (SSSR count). The summed E-state index contributed by atoms with van der Waals surface area (Å²) in [6.45, 7) is 0.0363. The van der Waals surface area contributed by atoms with E-state index in [0.717, 1.165) is 5.56 Å². The van der Waals surface area contributed by atoms with Crippen LogP contribution in [0.5, 0.6) is 11.5 Å². The number of nitrogens with one attached hydrogen (secondary N) is 1. The van der Waals surface area contributed by atoms with Gasteiger partial charge in [0.1, 0.15) is 6.61 Å². The van der Waals surface area contributed by atoms with Crippen LogP contribution in [0.3, 0.4) is 0 Å². The number of amides is 1. The van der Waals surface area contributed by atoms with E-state index >= 15 is 0 Å². The molecule has 0 radical (unpaired) electrons. The van der Waals surface area contributed by atoms with Crippen LogP contribution in [0.15, 0.2) is 46.9 Å². The molecule has 2 N–H and O–H groups in total. The monoisotopic (exact) mass is 423 g/mol. The number of halogens is 1. The first-order chi connectivity index (χ1) is 12.5. The molecule has 0 aliphatic rings. The molecule has 0 bridgehead atoms. The number of hydrogen-bond donors (Lipinski definition) is 2. The van der Waals surface area contributed by atoms with Gasteiger partial charge in [0.15, 0.2) is 17.5 Å². The number of hydrogen-bond acceptors (Lipinski definition) is 5. The van der Waals surface area contributed by atoms with Gasteiger partial charge in [-0.05, 0) is 39.2 Å². The van der Waals surface area contributed by atoms with Gasteiger partial charge < -0.3 is 24.6 Å². The van der Waals surface area contributed by atoms with E-state index in [4.69, 9.17) is 14.2 Å². The molecule has 0 unspecified atom stereocenters. The maximum atomic E-state index is 12.0. The average Bonchev–Trinajstić information content (AvgIpc) is 2.64. The number of carbonyl (C=O) groups excluding carboxylic acids is 1. The van der Waals surface area contributed by atoms with Gasteiger partial charge in [-0.15, -0.1) is 0 Å². The molecule has 2 aromatic carbocycles. The van der Waals surface area contributed by atoms with Gasteiger partial charge in [-0.25, -0.2) is 9.59 Å². The van der Waals surface area contributed by atoms with Crippen LogP contribution in [0.1, 0.15) is 17.2 Å². The Balaban J connectivity index is 2.15. The second-order valence-electron chi connectivity index (χ2n) is 5.22. The van der Waals surface area contributed by atoms with Crippen LogP contribution in [-0.2, 0) is 16.1 Å². The zero-order chi connectivity index (χ0) is 19.1. The van der Waals surface area contributed by atoms with Crippen LogP contribution >= 0.6 is 15.9 Å². The van der Waals surface area contributed by atoms with E-state index in [9.17, 15) is 14.7 Å². The molecule has 8 heteroatoms. The lowest BCUT2D eigenvalue weighted by molar-refractivity contribution is -0.139. The Morgan fingerprint density at radius 3 is 2.42 bits per heavy atom. The molecule has 7 nitrogen and oxygen atoms in total. The molecule has 0 aliphatic carbocycles. The number of benzene rings is 2. The van der Waals surface area contributed by atoms with E-state index in [1.165, 1.54) is 26.4 Å². The van der Waals surface area contributed by atoms with E-state index in [-0.39, 0.29) is 6.61 Å². The van der Waals surface area contributed by atoms with Gasteiger partial charge in [-0.2, -0.15) is 0 Å². The van der Waals surface area contributed by atoms with Gasteiger partial charge in [0.2, 0.25) is 0 Å². The first-order valence-corrected chi connectivity index (χ1v) is 8.37. The van der Waals surface area contributed by atoms with E-state index in [2.05, 4.69) is 21.2 Å². The Morgan fingerprint density at radius 2 is 1.85 bits per heavy atom. The van der Waals surface area contributed by atoms with Crippen molar-refractivity contribution in [3.8, 4) is 11.5 Å². The van der Waals surface area contributed by atoms with E-state index in [1.54, 1.807) is 12.1 Å². The highest BCUT2D eigenvalue weighted by Gasteiger charge is 2.25. The third-order valence-corrected chi connectivity index (χ3v) is 4.10. The summed E-state index contributed by atoms with van der Waals surface area (Å²) < 4.78 is 16.0. The molecule has 0 fully saturated rings. The summed E-state index contributed by atoms with van der Waals surface area (Å²) in [5.41, 5.74) is 1.10. The molecular formula is C18H18BrNO6. The smallest absolute Gasteiger partial charge is 0.408 e. The van der Waals surface area contributed by atoms with Crippen molar-refractivity contribution in [2.24, 2.45) is 0 Å². The first kappa shape index (κ1) is 19.6. The molecule has 0 aromatic heterocycles. The van der Waals surface area contributed by atoms with Crippen LogP contribution in [0.4, 0.5) is 4.79 Å². The molecule has 0 saturated carbocycles. The second-order valence-corrected chi connectivity index (χ2v) is 6.07. The number of alkyl carbamates (subject to hydrolysis) is 1. The molecule has 1 amide bonds. The highest BCUT2D eigenvalue weighted by atomic mass is 79.9. The van der Waals surface area contributed by atoms with E-state index in [0.29, 0.717) is 21.5 Å². The number of aliphatic carboxylic acids is 1. The van der Waals surface area contributed by atoms with Crippen LogP contribution in [-0.4, -0.2) is 31.4 Å². The number of carbonyl (C=O) groups is 2. The quantitative estimate of drug-likeness (QED) is 0.707. The van der Waals surface area contributed by atoms with E-state index in [1.807, 2.05) is 18.2 Å². The number of carboxylic acid groups (broad SMARTS) is 1. The Kier molecular flexibility index (Phi) is 6.85. The van der Waals surface area contributed by atoms with Crippen molar-refractivity contribution in [1.29, 1.82) is 0 Å². The minimum atomic E-state index is -1.31. The number of methoxy groups -OCH3 is 2. The van der Waals surface area contributed by atoms with Crippen LogP contribution in [0.25, 0.3) is 0 Å². The van der Waals surface area contributed by atoms with Crippen LogP contribution in [0, 0.1) is 0 Å². The highest BCUT2D eigenvalue weighted by molar-refractivity contribution is 9.10. The summed E-state index contributed by atoms with van der Waals surface area (Å²) >= 11 is 3.30. The predicted octanol–water partition coefficient (Wildman–Crippen LogP) is 3.52. The predicted molar refractivity (Wildman–Crippen MR) is 97.4 cm³/mol. The molecule has 0 aliphatic heterocycles. The van der Waals surface area contributed by atoms with Gasteiger partial charge in [0.05, 0.1) is 18.7 Å². The molecule has 1 atom stereocenters. The maximum Gasteiger partial charge on any atom is 0.408 e. The zero-order valence-corrected chi connectivity index (χ0v) is 15.8. The summed E-state index contributed by atoms with van der Waals surface area (Å²) in [5, 5.41) is 11.8. The standard InChI is InChI=1S/C18H18BrNO6/c1-24-14-9-12(8-13(19)16(14)25-2)15(17(21)22)20-18(23)26-10-11-6-4-3-5-7-11/h3-9,15H,10H2,1-2H3,(H,20,23)(H,21,22)/t15-/m0/s1. The Labute approximate surface area is 159 Å². The minimum Gasteiger partial charge on any atom is -0.493 e. The Hall–Kier alpha value is -2.74. The largest absolute Gasteiger partial charge is 0.493 e. The summed E-state index contributed by atoms with van der Waals surface area (Å²) in [6.07, 6.45) is -0.841. The number of carboxylic acids is 1. The summed E-state index contributed by atoms with van der Waals surface area (Å²) in [5.74, 6) is -0.476. The minimum absolute atomic E-state index is 0.0363. The number of rotatable bonds is 7. The van der Waals surface area contributed by atoms with Gasteiger partial charge in [0, 0.05) is 0 Å². The maximum absolute atomic E-state index is 12.0. The fraction of sp³-hybridized carbons (Fsp3) is 0.222. The summed E-state index contributed by atoms with van der Waals surface area (Å²) in [6, 6.07) is 10.8. The Bertz CT molecular complexity index is 781. The van der Waals surface area contributed by atoms with Crippen molar-refractivity contribution in [1.82, 2.24) is 5.32 Å². The van der Waals surface area contributed by atoms with Crippen molar-refractivity contribution < 1.29 is 28.9 Å². The van der Waals surface area contributed by atoms with Gasteiger partial charge in [-0.3, -0.25) is 0 Å². The highest BCUT2D eigenvalue weighted by Crippen LogP contribution is 2.37. The average molecular weight is 424 g/mol. The third-order valence-electron chi connectivity index (χ3n) is 3.51. The molecule has 138 valence electrons. The van der Waals surface area contributed by atoms with Crippen molar-refractivity contribution in [3.05, 3.63) is 58.1 Å². The lowest BCUT2D eigenvalue weighted by Crippen LogP contribution is -2.34. The Morgan fingerprint density at radius 1 is 1.15 bits per heavy atom. The lowest BCUT2D eigenvalue weighted by atomic mass is 10.1. The molecule has 0 saturated heterocycles. The summed E-state index contributed by atoms with van der Waals surface area (Å²) in [4.78, 5) is 23.6. The van der Waals surface area contributed by atoms with Crippen LogP contribution in [0.2, 0.25) is 0 Å². The van der Waals surface area contributed by atoms with E-state index < -0.39 is 18.1 Å².